The predicted molar refractivity (Wildman–Crippen MR) is 312 cm³/mol. The summed E-state index contributed by atoms with van der Waals surface area (Å²) in [6, 6.07) is 85.1. The molecule has 0 atom stereocenters. The quantitative estimate of drug-likeness (QED) is 0.161. The zero-order valence-corrected chi connectivity index (χ0v) is 53.6. The Bertz CT molecular complexity index is 4080. The van der Waals surface area contributed by atoms with Crippen LogP contribution >= 0.6 is 0 Å². The van der Waals surface area contributed by atoms with Gasteiger partial charge in [0.1, 0.15) is 0 Å². The maximum absolute atomic E-state index is 5.22. The Balaban J connectivity index is 0.000000168. The van der Waals surface area contributed by atoms with E-state index in [1.165, 1.54) is 54.2 Å². The molecule has 0 saturated heterocycles. The fourth-order valence-corrected chi connectivity index (χ4v) is 8.75. The number of aromatic nitrogens is 4. The van der Waals surface area contributed by atoms with Crippen molar-refractivity contribution in [2.45, 2.75) is 33.1 Å². The molecule has 0 amide bonds. The average molecular weight is 1740 g/mol. The Hall–Kier alpha value is -6.72. The van der Waals surface area contributed by atoms with Crippen LogP contribution in [0.15, 0.2) is 237 Å². The maximum atomic E-state index is 5.22. The largest absolute Gasteiger partial charge is 0.516 e. The third-order valence-electron chi connectivity index (χ3n) is 13.0. The molecule has 79 heavy (non-hydrogen) atoms. The Labute approximate surface area is 517 Å². The molecule has 5 nitrogen and oxygen atoms in total. The average Bonchev–Trinajstić information content (AvgIpc) is 3.48. The minimum Gasteiger partial charge on any atom is -0.516 e. The number of aryl methyl sites for hydroxylation is 1. The molecule has 0 aliphatic heterocycles. The zero-order chi connectivity index (χ0) is 51.6. The van der Waals surface area contributed by atoms with Crippen molar-refractivity contribution in [1.29, 1.82) is 0 Å². The van der Waals surface area contributed by atoms with Gasteiger partial charge in [-0.3, -0.25) is 0 Å². The second-order valence-corrected chi connectivity index (χ2v) is 19.3. The second kappa shape index (κ2) is 28.9. The maximum Gasteiger partial charge on any atom is 0.0751 e. The van der Waals surface area contributed by atoms with Crippen molar-refractivity contribution >= 4 is 53.9 Å². The molecule has 9 aromatic carbocycles. The molecule has 4 radical (unpaired) electrons. The third-order valence-corrected chi connectivity index (χ3v) is 13.0. The van der Waals surface area contributed by atoms with Crippen molar-refractivity contribution in [3.05, 3.63) is 273 Å². The number of nitrogens with zero attached hydrogens (tertiary/aromatic N) is 4. The molecule has 13 aromatic rings. The summed E-state index contributed by atoms with van der Waals surface area (Å²) >= 11 is 0. The van der Waals surface area contributed by atoms with Crippen molar-refractivity contribution in [3.8, 4) is 50.8 Å². The standard InChI is InChI=1S/C19H12N.C19H18N.C16H12NO.C16H12N.4Ir/c1-2-8-16-13-20-19(12-15(16)7-1)18-11-5-9-14-6-3-4-10-17(14)18;1-19(2,3)17-10-6-9-15(11-17)18-12-14-7-4-5-8-16(14)13-20-18;1-18-15-8-4-7-13(9-15)16-10-12-5-2-3-6-14(12)11-17-16;1-12-6-8-13(9-7-12)16-10-14-4-2-3-5-15(14)11-17-16;;;;/h1-10,12-13H;4-8,10-13H,1-3H3;2-6,8-11H,1H3;2-8,10-11H,1H3;;;;/q4*-1;;;;. The molecule has 0 saturated carbocycles. The van der Waals surface area contributed by atoms with Crippen molar-refractivity contribution in [2.75, 3.05) is 7.11 Å². The monoisotopic (exact) mass is 1740 g/mol. The van der Waals surface area contributed by atoms with Gasteiger partial charge in [-0.25, -0.2) is 0 Å². The topological polar surface area (TPSA) is 60.8 Å². The van der Waals surface area contributed by atoms with E-state index in [0.717, 1.165) is 61.6 Å². The number of pyridine rings is 4. The van der Waals surface area contributed by atoms with Gasteiger partial charge in [0, 0.05) is 111 Å². The van der Waals surface area contributed by atoms with Crippen molar-refractivity contribution < 1.29 is 85.2 Å². The van der Waals surface area contributed by atoms with Crippen LogP contribution in [0.1, 0.15) is 31.9 Å². The molecule has 0 spiro atoms. The molecule has 400 valence electrons. The first-order valence-corrected chi connectivity index (χ1v) is 25.0. The number of ether oxygens (including phenoxy) is 1. The van der Waals surface area contributed by atoms with Crippen LogP contribution in [0.25, 0.3) is 98.9 Å². The Morgan fingerprint density at radius 3 is 1.24 bits per heavy atom. The summed E-state index contributed by atoms with van der Waals surface area (Å²) in [5.41, 5.74) is 10.6. The summed E-state index contributed by atoms with van der Waals surface area (Å²) in [5, 5.41) is 11.9. The molecule has 0 bridgehead atoms. The van der Waals surface area contributed by atoms with E-state index in [1.807, 2.05) is 97.6 Å². The van der Waals surface area contributed by atoms with E-state index < -0.39 is 0 Å². The van der Waals surface area contributed by atoms with Gasteiger partial charge in [-0.15, -0.1) is 130 Å². The first kappa shape index (κ1) is 61.5. The molecule has 4 heterocycles. The van der Waals surface area contributed by atoms with Gasteiger partial charge in [0.2, 0.25) is 0 Å². The van der Waals surface area contributed by atoms with E-state index >= 15 is 0 Å². The molecule has 9 heteroatoms. The van der Waals surface area contributed by atoms with Gasteiger partial charge >= 0.3 is 0 Å². The minimum atomic E-state index is 0. The summed E-state index contributed by atoms with van der Waals surface area (Å²) in [7, 11) is 1.66. The molecule has 0 aliphatic carbocycles. The second-order valence-electron chi connectivity index (χ2n) is 19.3. The van der Waals surface area contributed by atoms with Crippen LogP contribution < -0.4 is 4.74 Å². The van der Waals surface area contributed by atoms with Gasteiger partial charge in [-0.05, 0) is 71.3 Å². The van der Waals surface area contributed by atoms with E-state index in [2.05, 4.69) is 211 Å². The van der Waals surface area contributed by atoms with Gasteiger partial charge in [-0.1, -0.05) is 179 Å². The number of hydrogen-bond donors (Lipinski definition) is 0. The molecule has 13 rings (SSSR count). The first-order chi connectivity index (χ1) is 36.6. The van der Waals surface area contributed by atoms with Crippen molar-refractivity contribution in [2.24, 2.45) is 0 Å². The zero-order valence-electron chi connectivity index (χ0n) is 44.0. The normalized spacial score (nSPS) is 10.4. The number of benzene rings is 9. The van der Waals surface area contributed by atoms with E-state index in [-0.39, 0.29) is 85.8 Å². The summed E-state index contributed by atoms with van der Waals surface area (Å²) in [6.45, 7) is 8.73. The van der Waals surface area contributed by atoms with Gasteiger partial charge in [0.15, 0.2) is 0 Å². The van der Waals surface area contributed by atoms with Crippen LogP contribution in [0, 0.1) is 31.2 Å². The van der Waals surface area contributed by atoms with Crippen LogP contribution in [-0.2, 0) is 85.8 Å². The summed E-state index contributed by atoms with van der Waals surface area (Å²) in [5.74, 6) is 0.818. The van der Waals surface area contributed by atoms with Crippen LogP contribution in [0.2, 0.25) is 0 Å². The van der Waals surface area contributed by atoms with Crippen molar-refractivity contribution in [3.63, 3.8) is 0 Å². The number of methoxy groups -OCH3 is 1. The van der Waals surface area contributed by atoms with Crippen LogP contribution in [0.4, 0.5) is 0 Å². The predicted octanol–water partition coefficient (Wildman–Crippen LogP) is 17.6. The molecule has 4 aromatic heterocycles. The van der Waals surface area contributed by atoms with Crippen LogP contribution in [0.5, 0.6) is 5.75 Å². The molecule has 0 aliphatic rings. The van der Waals surface area contributed by atoms with E-state index in [4.69, 9.17) is 4.74 Å². The molecule has 0 fully saturated rings. The fourth-order valence-electron chi connectivity index (χ4n) is 8.75. The molecule has 0 N–H and O–H groups in total. The summed E-state index contributed by atoms with van der Waals surface area (Å²) < 4.78 is 5.22. The molecule has 0 unspecified atom stereocenters. The summed E-state index contributed by atoms with van der Waals surface area (Å²) in [6.07, 6.45) is 7.67. The Morgan fingerprint density at radius 2 is 0.772 bits per heavy atom. The number of hydrogen-bond acceptors (Lipinski definition) is 5. The SMILES string of the molecule is CC(C)(C)c1cc[c-]c(-c2cc3ccccc3cn2)c1.COc1cc[c-]c(-c2cc3ccccc3cn2)c1.Cc1c[c-]c(-c2cc3ccccc3cn2)cc1.[Ir].[Ir].[Ir].[Ir].[c-]1ccc2ccccc2c1-c1cc2ccccc2cn1. The van der Waals surface area contributed by atoms with E-state index in [0.29, 0.717) is 0 Å². The van der Waals surface area contributed by atoms with Gasteiger partial charge in [-0.2, -0.15) is 0 Å². The molecular formula is C70H54Ir4N4O-4. The molecular weight excluding hydrogens is 1680 g/mol. The number of rotatable bonds is 5. The first-order valence-electron chi connectivity index (χ1n) is 25.0. The summed E-state index contributed by atoms with van der Waals surface area (Å²) in [4.78, 5) is 18.1. The van der Waals surface area contributed by atoms with E-state index in [1.54, 1.807) is 7.11 Å². The Morgan fingerprint density at radius 1 is 0.367 bits per heavy atom. The van der Waals surface area contributed by atoms with Crippen LogP contribution in [0.3, 0.4) is 0 Å². The minimum absolute atomic E-state index is 0. The van der Waals surface area contributed by atoms with Gasteiger partial charge in [0.05, 0.1) is 7.11 Å². The fraction of sp³-hybridized carbons (Fsp3) is 0.0857. The van der Waals surface area contributed by atoms with Gasteiger partial charge < -0.3 is 24.7 Å². The van der Waals surface area contributed by atoms with Gasteiger partial charge in [0.25, 0.3) is 0 Å². The third kappa shape index (κ3) is 15.6. The van der Waals surface area contributed by atoms with E-state index in [9.17, 15) is 0 Å². The van der Waals surface area contributed by atoms with Crippen LogP contribution in [-0.4, -0.2) is 27.0 Å². The number of fused-ring (bicyclic) bond motifs is 5. The van der Waals surface area contributed by atoms with Crippen molar-refractivity contribution in [1.82, 2.24) is 19.9 Å². The smallest absolute Gasteiger partial charge is 0.0751 e. The Kier molecular flexibility index (Phi) is 22.5.